The summed E-state index contributed by atoms with van der Waals surface area (Å²) in [4.78, 5) is 28.0. The molecule has 1 amide bonds. The topological polar surface area (TPSA) is 57.6 Å². The zero-order chi connectivity index (χ0) is 28.0. The van der Waals surface area contributed by atoms with Crippen LogP contribution >= 0.6 is 15.9 Å². The number of aliphatic hydroxyl groups excluding tert-OH is 1. The van der Waals surface area contributed by atoms with Gasteiger partial charge in [0.15, 0.2) is 0 Å². The van der Waals surface area contributed by atoms with Crippen molar-refractivity contribution in [1.82, 2.24) is 4.90 Å². The summed E-state index contributed by atoms with van der Waals surface area (Å²) in [7, 11) is 0. The van der Waals surface area contributed by atoms with Gasteiger partial charge in [0.2, 0.25) is 0 Å². The number of benzene rings is 2. The Hall–Kier alpha value is -2.40. The molecule has 0 aromatic heterocycles. The smallest absolute Gasteiger partial charge is 0.295 e. The van der Waals surface area contributed by atoms with E-state index in [4.69, 9.17) is 0 Å². The summed E-state index contributed by atoms with van der Waals surface area (Å²) < 4.78 is 0.925. The molecule has 1 aliphatic rings. The van der Waals surface area contributed by atoms with Crippen LogP contribution in [0.3, 0.4) is 0 Å². The van der Waals surface area contributed by atoms with Crippen molar-refractivity contribution in [2.24, 2.45) is 0 Å². The number of aryl methyl sites for hydroxylation is 1. The third-order valence-electron chi connectivity index (χ3n) is 7.80. The third-order valence-corrected chi connectivity index (χ3v) is 8.33. The van der Waals surface area contributed by atoms with Crippen LogP contribution in [0, 0.1) is 6.92 Å². The average molecular weight is 597 g/mol. The maximum Gasteiger partial charge on any atom is 0.295 e. The second-order valence-corrected chi connectivity index (χ2v) is 11.9. The number of halogens is 1. The van der Waals surface area contributed by atoms with E-state index in [0.717, 1.165) is 34.9 Å². The van der Waals surface area contributed by atoms with Gasteiger partial charge in [-0.05, 0) is 31.0 Å². The largest absolute Gasteiger partial charge is 0.507 e. The van der Waals surface area contributed by atoms with E-state index < -0.39 is 17.7 Å². The number of nitrogens with zero attached hydrogens (tertiary/aromatic N) is 1. The van der Waals surface area contributed by atoms with Crippen LogP contribution in [0.1, 0.15) is 120 Å². The number of hydrogen-bond donors (Lipinski definition) is 1. The first-order valence-electron chi connectivity index (χ1n) is 15.0. The second kappa shape index (κ2) is 16.6. The quantitative estimate of drug-likeness (QED) is 0.0856. The summed E-state index contributed by atoms with van der Waals surface area (Å²) in [5, 5.41) is 11.2. The van der Waals surface area contributed by atoms with E-state index in [2.05, 4.69) is 22.9 Å². The van der Waals surface area contributed by atoms with Gasteiger partial charge in [0.25, 0.3) is 11.7 Å². The Morgan fingerprint density at radius 1 is 0.744 bits per heavy atom. The number of hydrogen-bond acceptors (Lipinski definition) is 3. The van der Waals surface area contributed by atoms with Gasteiger partial charge in [-0.15, -0.1) is 0 Å². The van der Waals surface area contributed by atoms with Crippen molar-refractivity contribution in [2.45, 2.75) is 110 Å². The Bertz CT molecular complexity index is 1070. The molecule has 1 saturated heterocycles. The number of amides is 1. The molecule has 0 saturated carbocycles. The van der Waals surface area contributed by atoms with Crippen LogP contribution in [0.5, 0.6) is 0 Å². The lowest BCUT2D eigenvalue weighted by Gasteiger charge is -2.25. The molecule has 2 aromatic carbocycles. The average Bonchev–Trinajstić information content (AvgIpc) is 3.18. The second-order valence-electron chi connectivity index (χ2n) is 11.0. The van der Waals surface area contributed by atoms with Gasteiger partial charge in [-0.3, -0.25) is 9.59 Å². The van der Waals surface area contributed by atoms with Crippen LogP contribution in [-0.4, -0.2) is 28.2 Å². The van der Waals surface area contributed by atoms with Gasteiger partial charge in [0, 0.05) is 16.6 Å². The highest BCUT2D eigenvalue weighted by molar-refractivity contribution is 9.10. The molecule has 1 aliphatic heterocycles. The zero-order valence-electron chi connectivity index (χ0n) is 23.9. The predicted octanol–water partition coefficient (Wildman–Crippen LogP) is 9.66. The summed E-state index contributed by atoms with van der Waals surface area (Å²) in [5.74, 6) is -1.23. The van der Waals surface area contributed by atoms with E-state index >= 15 is 0 Å². The minimum atomic E-state index is -0.605. The molecule has 0 aliphatic carbocycles. The van der Waals surface area contributed by atoms with Crippen LogP contribution in [0.25, 0.3) is 5.76 Å². The van der Waals surface area contributed by atoms with Crippen molar-refractivity contribution in [3.63, 3.8) is 0 Å². The van der Waals surface area contributed by atoms with E-state index in [1.54, 1.807) is 17.0 Å². The number of rotatable bonds is 17. The molecule has 1 N–H and O–H groups in total. The van der Waals surface area contributed by atoms with E-state index in [9.17, 15) is 14.7 Å². The Morgan fingerprint density at radius 3 is 1.74 bits per heavy atom. The fraction of sp³-hybridized carbons (Fsp3) is 0.529. The molecule has 1 fully saturated rings. The molecule has 0 unspecified atom stereocenters. The lowest BCUT2D eigenvalue weighted by molar-refractivity contribution is -0.139. The normalized spacial score (nSPS) is 16.8. The number of carbonyl (C=O) groups is 2. The van der Waals surface area contributed by atoms with E-state index in [1.807, 2.05) is 43.3 Å². The molecule has 3 rings (SSSR count). The molecule has 4 nitrogen and oxygen atoms in total. The minimum absolute atomic E-state index is 0.107. The fourth-order valence-electron chi connectivity index (χ4n) is 5.45. The van der Waals surface area contributed by atoms with Crippen LogP contribution in [0.15, 0.2) is 58.6 Å². The van der Waals surface area contributed by atoms with Crippen molar-refractivity contribution in [1.29, 1.82) is 0 Å². The van der Waals surface area contributed by atoms with E-state index in [-0.39, 0.29) is 11.3 Å². The van der Waals surface area contributed by atoms with Crippen LogP contribution in [0.4, 0.5) is 0 Å². The first-order valence-corrected chi connectivity index (χ1v) is 15.8. The maximum absolute atomic E-state index is 13.2. The molecular formula is C34H46BrNO3. The van der Waals surface area contributed by atoms with E-state index in [0.29, 0.717) is 12.1 Å². The van der Waals surface area contributed by atoms with Crippen LogP contribution in [0.2, 0.25) is 0 Å². The van der Waals surface area contributed by atoms with Gasteiger partial charge >= 0.3 is 0 Å². The lowest BCUT2D eigenvalue weighted by Crippen LogP contribution is -2.30. The molecule has 0 radical (unpaired) electrons. The Morgan fingerprint density at radius 2 is 1.23 bits per heavy atom. The summed E-state index contributed by atoms with van der Waals surface area (Å²) >= 11 is 3.47. The molecule has 39 heavy (non-hydrogen) atoms. The minimum Gasteiger partial charge on any atom is -0.507 e. The van der Waals surface area contributed by atoms with Gasteiger partial charge in [-0.1, -0.05) is 148 Å². The molecule has 1 heterocycles. The first kappa shape index (κ1) is 31.1. The Kier molecular flexibility index (Phi) is 13.3. The summed E-state index contributed by atoms with van der Waals surface area (Å²) in [6.07, 6.45) is 17.8. The number of likely N-dealkylation sites (tertiary alicyclic amines) is 1. The van der Waals surface area contributed by atoms with Crippen molar-refractivity contribution in [2.75, 3.05) is 6.54 Å². The highest BCUT2D eigenvalue weighted by Gasteiger charge is 2.45. The highest BCUT2D eigenvalue weighted by Crippen LogP contribution is 2.40. The SMILES string of the molecule is CCCCCCCCCCCCCCCCN1C(=O)C(=O)/C(=C(/O)c2ccc(C)cc2)[C@@H]1c1ccc(Br)cc1. The molecule has 212 valence electrons. The number of Topliss-reactive ketones (excluding diaryl/α,β-unsaturated/α-hetero) is 1. The molecule has 0 bridgehead atoms. The molecule has 1 atom stereocenters. The molecule has 5 heteroatoms. The standard InChI is InChI=1S/C34H46BrNO3/c1-3-4-5-6-7-8-9-10-11-12-13-14-15-16-25-36-31(27-21-23-29(35)24-22-27)30(33(38)34(36)39)32(37)28-19-17-26(2)18-20-28/h17-24,31,37H,3-16,25H2,1-2H3/b32-30+/t31-/m0/s1. The number of carbonyl (C=O) groups excluding carboxylic acids is 2. The van der Waals surface area contributed by atoms with Crippen molar-refractivity contribution >= 4 is 33.4 Å². The summed E-state index contributed by atoms with van der Waals surface area (Å²) in [6, 6.07) is 14.5. The van der Waals surface area contributed by atoms with Gasteiger partial charge in [-0.2, -0.15) is 0 Å². The Labute approximate surface area is 244 Å². The number of unbranched alkanes of at least 4 members (excludes halogenated alkanes) is 13. The summed E-state index contributed by atoms with van der Waals surface area (Å²) in [5.41, 5.74) is 2.62. The highest BCUT2D eigenvalue weighted by atomic mass is 79.9. The maximum atomic E-state index is 13.2. The molecule has 2 aromatic rings. The molecule has 0 spiro atoms. The van der Waals surface area contributed by atoms with Crippen molar-refractivity contribution < 1.29 is 14.7 Å². The first-order chi connectivity index (χ1) is 18.9. The zero-order valence-corrected chi connectivity index (χ0v) is 25.5. The number of aliphatic hydroxyl groups is 1. The van der Waals surface area contributed by atoms with Gasteiger partial charge in [0.05, 0.1) is 11.6 Å². The third kappa shape index (κ3) is 9.34. The monoisotopic (exact) mass is 595 g/mol. The van der Waals surface area contributed by atoms with Crippen molar-refractivity contribution in [3.8, 4) is 0 Å². The van der Waals surface area contributed by atoms with E-state index in [1.165, 1.54) is 70.6 Å². The Balaban J connectivity index is 1.52. The fourth-order valence-corrected chi connectivity index (χ4v) is 5.71. The van der Waals surface area contributed by atoms with Crippen LogP contribution in [-0.2, 0) is 9.59 Å². The lowest BCUT2D eigenvalue weighted by atomic mass is 9.95. The molecular weight excluding hydrogens is 550 g/mol. The number of ketones is 1. The van der Waals surface area contributed by atoms with Gasteiger partial charge in [0.1, 0.15) is 5.76 Å². The van der Waals surface area contributed by atoms with Gasteiger partial charge < -0.3 is 10.0 Å². The van der Waals surface area contributed by atoms with Crippen LogP contribution < -0.4 is 0 Å². The predicted molar refractivity (Wildman–Crippen MR) is 165 cm³/mol. The summed E-state index contributed by atoms with van der Waals surface area (Å²) in [6.45, 7) is 4.75. The van der Waals surface area contributed by atoms with Crippen molar-refractivity contribution in [3.05, 3.63) is 75.3 Å². The van der Waals surface area contributed by atoms with Gasteiger partial charge in [-0.25, -0.2) is 0 Å².